The number of methoxy groups -OCH3 is 1. The molecule has 0 bridgehead atoms. The fraction of sp³-hybridized carbons (Fsp3) is 0.342. The van der Waals surface area contributed by atoms with Gasteiger partial charge < -0.3 is 35.3 Å². The van der Waals surface area contributed by atoms with Crippen molar-refractivity contribution in [1.82, 2.24) is 15.6 Å². The second-order valence-corrected chi connectivity index (χ2v) is 13.8. The maximum Gasteiger partial charge on any atom is 0.407 e. The summed E-state index contributed by atoms with van der Waals surface area (Å²) in [5, 5.41) is 20.4. The molecule has 5 rings (SSSR count). The van der Waals surface area contributed by atoms with E-state index in [4.69, 9.17) is 14.2 Å². The summed E-state index contributed by atoms with van der Waals surface area (Å²) in [6.07, 6.45) is 1.07. The number of hydrogen-bond donors (Lipinski definition) is 4. The van der Waals surface area contributed by atoms with Crippen molar-refractivity contribution in [3.05, 3.63) is 87.6 Å². The number of fused-ring (bicyclic) bond motifs is 3. The Morgan fingerprint density at radius 2 is 1.78 bits per heavy atom. The number of aliphatic hydroxyl groups excluding tert-OH is 1. The van der Waals surface area contributed by atoms with E-state index >= 15 is 0 Å². The predicted molar refractivity (Wildman–Crippen MR) is 194 cm³/mol. The number of hydrogen-bond acceptors (Lipinski definition) is 10. The molecule has 0 saturated carbocycles. The van der Waals surface area contributed by atoms with E-state index in [2.05, 4.69) is 20.9 Å². The Balaban J connectivity index is 1.57. The molecule has 4 aromatic rings. The maximum absolute atomic E-state index is 14.4. The van der Waals surface area contributed by atoms with Crippen molar-refractivity contribution in [3.63, 3.8) is 0 Å². The number of aromatic nitrogens is 1. The summed E-state index contributed by atoms with van der Waals surface area (Å²) < 4.78 is 16.6. The van der Waals surface area contributed by atoms with Gasteiger partial charge >= 0.3 is 12.1 Å². The van der Waals surface area contributed by atoms with Gasteiger partial charge in [-0.15, -0.1) is 11.3 Å². The second-order valence-electron chi connectivity index (χ2n) is 12.9. The van der Waals surface area contributed by atoms with Crippen molar-refractivity contribution in [2.45, 2.75) is 59.1 Å². The summed E-state index contributed by atoms with van der Waals surface area (Å²) in [5.74, 6) is -1.18. The molecule has 0 spiro atoms. The number of benzene rings is 2. The molecular weight excluding hydrogens is 673 g/mol. The highest BCUT2D eigenvalue weighted by Gasteiger charge is 2.27. The zero-order valence-corrected chi connectivity index (χ0v) is 30.1. The number of amides is 3. The summed E-state index contributed by atoms with van der Waals surface area (Å²) in [6.45, 7) is 8.11. The highest BCUT2D eigenvalue weighted by molar-refractivity contribution is 7.13. The summed E-state index contributed by atoms with van der Waals surface area (Å²) >= 11 is 1.54. The normalized spacial score (nSPS) is 12.0. The van der Waals surface area contributed by atoms with E-state index in [1.807, 2.05) is 18.4 Å². The average Bonchev–Trinajstić information content (AvgIpc) is 3.50. The van der Waals surface area contributed by atoms with Crippen LogP contribution in [0.3, 0.4) is 0 Å². The van der Waals surface area contributed by atoms with Crippen molar-refractivity contribution >= 4 is 40.9 Å². The van der Waals surface area contributed by atoms with E-state index in [0.29, 0.717) is 42.1 Å². The van der Waals surface area contributed by atoms with Crippen LogP contribution in [0.2, 0.25) is 0 Å². The van der Waals surface area contributed by atoms with Crippen molar-refractivity contribution in [1.29, 1.82) is 0 Å². The number of aliphatic hydroxyl groups is 1. The van der Waals surface area contributed by atoms with Crippen molar-refractivity contribution in [2.75, 3.05) is 32.2 Å². The number of thiophene rings is 1. The van der Waals surface area contributed by atoms with E-state index in [1.165, 1.54) is 13.2 Å². The third-order valence-electron chi connectivity index (χ3n) is 7.95. The van der Waals surface area contributed by atoms with Gasteiger partial charge in [-0.3, -0.25) is 9.59 Å². The molecule has 1 aliphatic rings. The van der Waals surface area contributed by atoms with Crippen LogP contribution in [0, 0.1) is 0 Å². The molecule has 2 aromatic heterocycles. The Labute approximate surface area is 300 Å². The number of alkyl carbamates (subject to hydrolysis) is 1. The Kier molecular flexibility index (Phi) is 11.7. The van der Waals surface area contributed by atoms with Crippen LogP contribution in [-0.2, 0) is 28.9 Å². The fourth-order valence-corrected chi connectivity index (χ4v) is 6.57. The molecule has 51 heavy (non-hydrogen) atoms. The zero-order valence-electron chi connectivity index (χ0n) is 29.3. The first-order valence-electron chi connectivity index (χ1n) is 16.7. The number of carbonyl (C=O) groups excluding carboxylic acids is 4. The van der Waals surface area contributed by atoms with Gasteiger partial charge in [0.25, 0.3) is 11.8 Å². The van der Waals surface area contributed by atoms with Crippen LogP contribution >= 0.6 is 11.3 Å². The van der Waals surface area contributed by atoms with Crippen molar-refractivity contribution < 1.29 is 38.5 Å². The molecule has 0 unspecified atom stereocenters. The number of anilines is 1. The molecule has 0 atom stereocenters. The molecule has 2 aromatic carbocycles. The van der Waals surface area contributed by atoms with Crippen LogP contribution in [0.4, 0.5) is 10.5 Å². The van der Waals surface area contributed by atoms with Crippen LogP contribution in [0.5, 0.6) is 5.75 Å². The molecule has 0 fully saturated rings. The minimum absolute atomic E-state index is 0.0303. The number of ether oxygens (including phenoxy) is 3. The topological polar surface area (TPSA) is 165 Å². The summed E-state index contributed by atoms with van der Waals surface area (Å²) in [5.41, 5.74) is 3.77. The average molecular weight is 715 g/mol. The highest BCUT2D eigenvalue weighted by atomic mass is 32.1. The zero-order chi connectivity index (χ0) is 36.7. The monoisotopic (exact) mass is 714 g/mol. The molecule has 268 valence electrons. The third-order valence-corrected chi connectivity index (χ3v) is 8.94. The molecule has 0 aliphatic carbocycles. The van der Waals surface area contributed by atoms with Gasteiger partial charge in [-0.2, -0.15) is 0 Å². The van der Waals surface area contributed by atoms with Crippen molar-refractivity contribution in [3.8, 4) is 27.3 Å². The van der Waals surface area contributed by atoms with Gasteiger partial charge in [0.15, 0.2) is 5.69 Å². The van der Waals surface area contributed by atoms with Crippen LogP contribution < -0.4 is 20.7 Å². The van der Waals surface area contributed by atoms with Crippen LogP contribution in [-0.4, -0.2) is 66.4 Å². The smallest absolute Gasteiger partial charge is 0.407 e. The molecule has 1 aliphatic heterocycles. The molecule has 12 nitrogen and oxygen atoms in total. The van der Waals surface area contributed by atoms with Gasteiger partial charge in [-0.1, -0.05) is 19.1 Å². The van der Waals surface area contributed by atoms with E-state index in [9.17, 15) is 24.3 Å². The standard InChI is InChI=1S/C38H42N4O8S/c1-6-14-39-35(45)30-10-8-25(32(41-30)36(46)48-5)26-20-31-28(33-23(12-16-49-31)13-17-51-33)19-27(26)34(44)42-29-9-7-22(18-24(29)11-15-43)21-40-37(47)50-38(2,3)4/h7-10,13,17-20,43H,6,11-12,14-16,21H2,1-5H3,(H,39,45)(H,40,47)(H,42,44). The summed E-state index contributed by atoms with van der Waals surface area (Å²) in [7, 11) is 1.22. The van der Waals surface area contributed by atoms with Crippen LogP contribution in [0.25, 0.3) is 21.6 Å². The van der Waals surface area contributed by atoms with Gasteiger partial charge in [-0.05, 0) is 92.1 Å². The predicted octanol–water partition coefficient (Wildman–Crippen LogP) is 6.15. The molecule has 13 heteroatoms. The fourth-order valence-electron chi connectivity index (χ4n) is 5.60. The highest BCUT2D eigenvalue weighted by Crippen LogP contribution is 2.43. The summed E-state index contributed by atoms with van der Waals surface area (Å²) in [6, 6.07) is 13.9. The number of rotatable bonds is 11. The maximum atomic E-state index is 14.4. The Morgan fingerprint density at radius 1 is 0.980 bits per heavy atom. The minimum Gasteiger partial charge on any atom is -0.493 e. The largest absolute Gasteiger partial charge is 0.493 e. The Hall–Kier alpha value is -5.27. The number of nitrogens with zero attached hydrogens (tertiary/aromatic N) is 1. The van der Waals surface area contributed by atoms with E-state index in [0.717, 1.165) is 28.0 Å². The third kappa shape index (κ3) is 8.91. The van der Waals surface area contributed by atoms with Gasteiger partial charge in [-0.25, -0.2) is 14.6 Å². The minimum atomic E-state index is -0.779. The molecule has 3 heterocycles. The van der Waals surface area contributed by atoms with E-state index in [1.54, 1.807) is 68.5 Å². The van der Waals surface area contributed by atoms with E-state index in [-0.39, 0.29) is 42.1 Å². The van der Waals surface area contributed by atoms with Gasteiger partial charge in [0.2, 0.25) is 0 Å². The quantitative estimate of drug-likeness (QED) is 0.133. The van der Waals surface area contributed by atoms with Gasteiger partial charge in [0, 0.05) is 58.9 Å². The Bertz CT molecular complexity index is 1950. The lowest BCUT2D eigenvalue weighted by Gasteiger charge is -2.20. The van der Waals surface area contributed by atoms with E-state index < -0.39 is 29.5 Å². The van der Waals surface area contributed by atoms with Crippen LogP contribution in [0.15, 0.2) is 53.9 Å². The molecule has 0 saturated heterocycles. The SMILES string of the molecule is CCCNC(=O)c1ccc(-c2cc3c(cc2C(=O)Nc2ccc(CNC(=O)OC(C)(C)C)cc2CCO)-c2sccc2CCO3)c(C(=O)OC)n1. The molecule has 0 radical (unpaired) electrons. The number of carbonyl (C=O) groups is 4. The van der Waals surface area contributed by atoms with Crippen molar-refractivity contribution in [2.24, 2.45) is 0 Å². The second kappa shape index (κ2) is 16.2. The molecule has 4 N–H and O–H groups in total. The Morgan fingerprint density at radius 3 is 2.51 bits per heavy atom. The lowest BCUT2D eigenvalue weighted by Crippen LogP contribution is -2.32. The molecule has 3 amide bonds. The first-order valence-corrected chi connectivity index (χ1v) is 17.6. The number of esters is 1. The van der Waals surface area contributed by atoms with Gasteiger partial charge in [0.05, 0.1) is 13.7 Å². The van der Waals surface area contributed by atoms with Crippen LogP contribution in [0.1, 0.15) is 82.1 Å². The molecular formula is C38H42N4O8S. The van der Waals surface area contributed by atoms with Gasteiger partial charge in [0.1, 0.15) is 17.0 Å². The lowest BCUT2D eigenvalue weighted by molar-refractivity contribution is 0.0522. The first kappa shape index (κ1) is 37.0. The number of nitrogens with one attached hydrogen (secondary N) is 3. The first-order chi connectivity index (χ1) is 24.4. The summed E-state index contributed by atoms with van der Waals surface area (Å²) in [4.78, 5) is 57.9. The lowest BCUT2D eigenvalue weighted by atomic mass is 9.93. The number of pyridine rings is 1.